The third-order valence-electron chi connectivity index (χ3n) is 4.90. The molecule has 1 unspecified atom stereocenters. The number of amides is 2. The molecule has 0 aliphatic carbocycles. The molecule has 1 aliphatic rings. The zero-order valence-corrected chi connectivity index (χ0v) is 15.1. The maximum Gasteiger partial charge on any atom is 0.239 e. The van der Waals surface area contributed by atoms with Gasteiger partial charge in [-0.1, -0.05) is 24.3 Å². The summed E-state index contributed by atoms with van der Waals surface area (Å²) in [7, 11) is 1.67. The summed E-state index contributed by atoms with van der Waals surface area (Å²) in [4.78, 5) is 28.9. The van der Waals surface area contributed by atoms with Gasteiger partial charge in [0, 0.05) is 25.8 Å². The van der Waals surface area contributed by atoms with E-state index >= 15 is 0 Å². The summed E-state index contributed by atoms with van der Waals surface area (Å²) in [5, 5.41) is 0. The highest BCUT2D eigenvalue weighted by atomic mass is 19.1. The smallest absolute Gasteiger partial charge is 0.239 e. The highest BCUT2D eigenvalue weighted by Crippen LogP contribution is 2.26. The van der Waals surface area contributed by atoms with E-state index in [2.05, 4.69) is 0 Å². The first-order chi connectivity index (χ1) is 12.5. The molecular weight excluding hydrogens is 331 g/mol. The summed E-state index contributed by atoms with van der Waals surface area (Å²) in [6.07, 6.45) is 1.33. The number of halogens is 1. The molecule has 2 aromatic carbocycles. The molecule has 1 atom stereocenters. The van der Waals surface area contributed by atoms with Crippen LogP contribution in [-0.4, -0.2) is 30.3 Å². The maximum atomic E-state index is 13.5. The van der Waals surface area contributed by atoms with Gasteiger partial charge in [-0.2, -0.15) is 0 Å². The molecule has 26 heavy (non-hydrogen) atoms. The van der Waals surface area contributed by atoms with Crippen LogP contribution in [0.4, 0.5) is 10.1 Å². The first-order valence-electron chi connectivity index (χ1n) is 8.84. The Morgan fingerprint density at radius 3 is 2.69 bits per heavy atom. The van der Waals surface area contributed by atoms with E-state index in [4.69, 9.17) is 0 Å². The highest BCUT2D eigenvalue weighted by Gasteiger charge is 2.36. The number of carbonyl (C=O) groups excluding carboxylic acids is 2. The molecule has 136 valence electrons. The van der Waals surface area contributed by atoms with Gasteiger partial charge in [0.05, 0.1) is 0 Å². The van der Waals surface area contributed by atoms with E-state index < -0.39 is 5.92 Å². The molecule has 0 spiro atoms. The molecule has 1 aliphatic heterocycles. The van der Waals surface area contributed by atoms with E-state index in [1.807, 2.05) is 37.3 Å². The van der Waals surface area contributed by atoms with Crippen LogP contribution in [0.3, 0.4) is 0 Å². The highest BCUT2D eigenvalue weighted by molar-refractivity contribution is 6.08. The van der Waals surface area contributed by atoms with E-state index in [1.54, 1.807) is 18.0 Å². The predicted octanol–water partition coefficient (Wildman–Crippen LogP) is 3.54. The normalized spacial score (nSPS) is 17.3. The monoisotopic (exact) mass is 354 g/mol. The SMILES string of the molecule is Cc1ccc(F)cc1CN(C)C(=O)C1CCCN(c2ccccc2)C1=O. The average molecular weight is 354 g/mol. The topological polar surface area (TPSA) is 40.6 Å². The van der Waals surface area contributed by atoms with Gasteiger partial charge in [-0.3, -0.25) is 9.59 Å². The Kier molecular flexibility index (Phi) is 5.35. The van der Waals surface area contributed by atoms with Crippen LogP contribution in [0.2, 0.25) is 0 Å². The van der Waals surface area contributed by atoms with Gasteiger partial charge in [-0.15, -0.1) is 0 Å². The molecule has 0 radical (unpaired) electrons. The number of rotatable bonds is 4. The van der Waals surface area contributed by atoms with Crippen molar-refractivity contribution in [1.82, 2.24) is 4.90 Å². The Bertz CT molecular complexity index is 807. The fraction of sp³-hybridized carbons (Fsp3) is 0.333. The van der Waals surface area contributed by atoms with Crippen molar-refractivity contribution in [1.29, 1.82) is 0 Å². The molecule has 0 aromatic heterocycles. The van der Waals surface area contributed by atoms with Crippen molar-refractivity contribution < 1.29 is 14.0 Å². The van der Waals surface area contributed by atoms with Crippen LogP contribution in [0.15, 0.2) is 48.5 Å². The van der Waals surface area contributed by atoms with Crippen LogP contribution in [0.5, 0.6) is 0 Å². The minimum absolute atomic E-state index is 0.157. The number of aryl methyl sites for hydroxylation is 1. The number of hydrogen-bond acceptors (Lipinski definition) is 2. The van der Waals surface area contributed by atoms with Gasteiger partial charge in [-0.25, -0.2) is 4.39 Å². The lowest BCUT2D eigenvalue weighted by molar-refractivity contribution is -0.141. The second kappa shape index (κ2) is 7.68. The zero-order valence-electron chi connectivity index (χ0n) is 15.1. The molecule has 1 fully saturated rings. The fourth-order valence-corrected chi connectivity index (χ4v) is 3.38. The zero-order chi connectivity index (χ0) is 18.7. The number of piperidine rings is 1. The van der Waals surface area contributed by atoms with Crippen molar-refractivity contribution in [2.45, 2.75) is 26.3 Å². The summed E-state index contributed by atoms with van der Waals surface area (Å²) >= 11 is 0. The third kappa shape index (κ3) is 3.77. The van der Waals surface area contributed by atoms with Gasteiger partial charge in [0.1, 0.15) is 11.7 Å². The predicted molar refractivity (Wildman–Crippen MR) is 99.1 cm³/mol. The summed E-state index contributed by atoms with van der Waals surface area (Å²) < 4.78 is 13.5. The van der Waals surface area contributed by atoms with Crippen molar-refractivity contribution in [3.63, 3.8) is 0 Å². The molecule has 0 N–H and O–H groups in total. The standard InChI is InChI=1S/C21H23FN2O2/c1-15-10-11-17(22)13-16(15)14-23(2)20(25)19-9-6-12-24(21(19)26)18-7-4-3-5-8-18/h3-5,7-8,10-11,13,19H,6,9,12,14H2,1-2H3. The van der Waals surface area contributed by atoms with Crippen LogP contribution in [0, 0.1) is 18.7 Å². The van der Waals surface area contributed by atoms with E-state index in [9.17, 15) is 14.0 Å². The van der Waals surface area contributed by atoms with Gasteiger partial charge < -0.3 is 9.80 Å². The molecule has 0 saturated carbocycles. The fourth-order valence-electron chi connectivity index (χ4n) is 3.38. The molecule has 3 rings (SSSR count). The van der Waals surface area contributed by atoms with Crippen molar-refractivity contribution in [3.8, 4) is 0 Å². The average Bonchev–Trinajstić information content (AvgIpc) is 2.65. The van der Waals surface area contributed by atoms with Crippen molar-refractivity contribution in [2.24, 2.45) is 5.92 Å². The van der Waals surface area contributed by atoms with E-state index in [0.29, 0.717) is 13.0 Å². The molecule has 2 aromatic rings. The van der Waals surface area contributed by atoms with E-state index in [1.165, 1.54) is 17.0 Å². The summed E-state index contributed by atoms with van der Waals surface area (Å²) in [6.45, 7) is 2.80. The lowest BCUT2D eigenvalue weighted by atomic mass is 9.94. The van der Waals surface area contributed by atoms with Gasteiger partial charge in [0.2, 0.25) is 11.8 Å². The summed E-state index contributed by atoms with van der Waals surface area (Å²) in [5.74, 6) is -1.37. The lowest BCUT2D eigenvalue weighted by Gasteiger charge is -2.33. The number of hydrogen-bond donors (Lipinski definition) is 0. The van der Waals surface area contributed by atoms with Crippen LogP contribution < -0.4 is 4.90 Å². The van der Waals surface area contributed by atoms with Crippen LogP contribution in [0.25, 0.3) is 0 Å². The maximum absolute atomic E-state index is 13.5. The second-order valence-corrected chi connectivity index (χ2v) is 6.79. The molecule has 1 heterocycles. The number of carbonyl (C=O) groups is 2. The van der Waals surface area contributed by atoms with Crippen molar-refractivity contribution in [3.05, 3.63) is 65.5 Å². The van der Waals surface area contributed by atoms with Crippen LogP contribution in [-0.2, 0) is 16.1 Å². The first kappa shape index (κ1) is 18.1. The van der Waals surface area contributed by atoms with Crippen LogP contribution in [0.1, 0.15) is 24.0 Å². The Morgan fingerprint density at radius 2 is 1.96 bits per heavy atom. The van der Waals surface area contributed by atoms with Gasteiger partial charge >= 0.3 is 0 Å². The number of para-hydroxylation sites is 1. The number of anilines is 1. The third-order valence-corrected chi connectivity index (χ3v) is 4.90. The van der Waals surface area contributed by atoms with Gasteiger partial charge in [0.15, 0.2) is 0 Å². The Hall–Kier alpha value is -2.69. The second-order valence-electron chi connectivity index (χ2n) is 6.79. The quantitative estimate of drug-likeness (QED) is 0.788. The Labute approximate surface area is 153 Å². The van der Waals surface area contributed by atoms with Gasteiger partial charge in [0.25, 0.3) is 0 Å². The largest absolute Gasteiger partial charge is 0.341 e. The molecular formula is C21H23FN2O2. The summed E-state index contributed by atoms with van der Waals surface area (Å²) in [5.41, 5.74) is 2.49. The lowest BCUT2D eigenvalue weighted by Crippen LogP contribution is -2.48. The summed E-state index contributed by atoms with van der Waals surface area (Å²) in [6, 6.07) is 14.0. The Morgan fingerprint density at radius 1 is 1.23 bits per heavy atom. The first-order valence-corrected chi connectivity index (χ1v) is 8.84. The van der Waals surface area contributed by atoms with Crippen LogP contribution >= 0.6 is 0 Å². The minimum Gasteiger partial charge on any atom is -0.341 e. The molecule has 2 amide bonds. The van der Waals surface area contributed by atoms with Crippen molar-refractivity contribution in [2.75, 3.05) is 18.5 Å². The molecule has 1 saturated heterocycles. The van der Waals surface area contributed by atoms with E-state index in [0.717, 1.165) is 23.2 Å². The number of benzene rings is 2. The minimum atomic E-state index is -0.678. The molecule has 0 bridgehead atoms. The Balaban J connectivity index is 1.74. The molecule has 4 nitrogen and oxygen atoms in total. The van der Waals surface area contributed by atoms with E-state index in [-0.39, 0.29) is 24.2 Å². The van der Waals surface area contributed by atoms with Gasteiger partial charge in [-0.05, 0) is 55.2 Å². The number of nitrogens with zero attached hydrogens (tertiary/aromatic N) is 2. The molecule has 5 heteroatoms. The van der Waals surface area contributed by atoms with Crippen molar-refractivity contribution >= 4 is 17.5 Å².